The maximum atomic E-state index is 12.5. The second-order valence-corrected chi connectivity index (χ2v) is 8.59. The van der Waals surface area contributed by atoms with E-state index in [2.05, 4.69) is 22.4 Å². The van der Waals surface area contributed by atoms with E-state index in [4.69, 9.17) is 0 Å². The van der Waals surface area contributed by atoms with Crippen molar-refractivity contribution in [1.82, 2.24) is 4.98 Å². The van der Waals surface area contributed by atoms with Crippen molar-refractivity contribution in [3.63, 3.8) is 0 Å². The van der Waals surface area contributed by atoms with Gasteiger partial charge in [0.05, 0.1) is 10.1 Å². The van der Waals surface area contributed by atoms with Gasteiger partial charge >= 0.3 is 0 Å². The molecule has 1 aromatic heterocycles. The minimum Gasteiger partial charge on any atom is -0.322 e. The number of anilines is 1. The number of carbonyl (C=O) groups excluding carboxylic acids is 1. The lowest BCUT2D eigenvalue weighted by molar-refractivity contribution is 0.102. The number of nitrogens with zero attached hydrogens (tertiary/aromatic N) is 1. The second-order valence-electron chi connectivity index (χ2n) is 5.07. The smallest absolute Gasteiger partial charge is 0.258 e. The van der Waals surface area contributed by atoms with Crippen molar-refractivity contribution in [2.75, 3.05) is 23.1 Å². The minimum absolute atomic E-state index is 0.108. The van der Waals surface area contributed by atoms with Gasteiger partial charge in [-0.1, -0.05) is 12.1 Å². The largest absolute Gasteiger partial charge is 0.322 e. The summed E-state index contributed by atoms with van der Waals surface area (Å²) >= 11 is 5.45. The number of nitrogens with one attached hydrogen (secondary N) is 1. The highest BCUT2D eigenvalue weighted by molar-refractivity contribution is 8.16. The average molecular weight is 363 g/mol. The van der Waals surface area contributed by atoms with E-state index in [1.54, 1.807) is 12.3 Å². The molecule has 1 saturated heterocycles. The second kappa shape index (κ2) is 8.13. The fourth-order valence-electron chi connectivity index (χ4n) is 2.37. The van der Waals surface area contributed by atoms with Crippen molar-refractivity contribution < 1.29 is 4.79 Å². The molecule has 0 saturated carbocycles. The standard InChI is InChI=1S/C17H18N2OS3/c1-21-16-14(7-3-8-18-16)15(20)19-13-6-2-5-12(11-13)17-22-9-4-10-23-17/h2-3,5-8,11,17H,4,9-10H2,1H3,(H,19,20). The van der Waals surface area contributed by atoms with Crippen LogP contribution < -0.4 is 5.32 Å². The summed E-state index contributed by atoms with van der Waals surface area (Å²) in [6, 6.07) is 11.8. The average Bonchev–Trinajstić information content (AvgIpc) is 2.62. The summed E-state index contributed by atoms with van der Waals surface area (Å²) in [5.74, 6) is 2.31. The molecule has 1 fully saturated rings. The highest BCUT2D eigenvalue weighted by Gasteiger charge is 2.17. The number of hydrogen-bond acceptors (Lipinski definition) is 5. The van der Waals surface area contributed by atoms with Gasteiger partial charge in [0.2, 0.25) is 0 Å². The Balaban J connectivity index is 1.76. The number of pyridine rings is 1. The molecule has 3 nitrogen and oxygen atoms in total. The molecule has 1 aliphatic rings. The first kappa shape index (κ1) is 16.7. The van der Waals surface area contributed by atoms with Gasteiger partial charge in [-0.05, 0) is 54.0 Å². The molecule has 1 N–H and O–H groups in total. The van der Waals surface area contributed by atoms with Crippen LogP contribution in [0.4, 0.5) is 5.69 Å². The summed E-state index contributed by atoms with van der Waals surface area (Å²) in [5.41, 5.74) is 2.73. The third kappa shape index (κ3) is 4.25. The van der Waals surface area contributed by atoms with Crippen LogP contribution in [0.15, 0.2) is 47.6 Å². The molecular weight excluding hydrogens is 344 g/mol. The summed E-state index contributed by atoms with van der Waals surface area (Å²) in [6.07, 6.45) is 4.92. The van der Waals surface area contributed by atoms with E-state index in [0.29, 0.717) is 10.1 Å². The fraction of sp³-hybridized carbons (Fsp3) is 0.294. The monoisotopic (exact) mass is 362 g/mol. The third-order valence-electron chi connectivity index (χ3n) is 3.45. The van der Waals surface area contributed by atoms with Crippen molar-refractivity contribution >= 4 is 46.9 Å². The topological polar surface area (TPSA) is 42.0 Å². The van der Waals surface area contributed by atoms with Gasteiger partial charge in [0, 0.05) is 11.9 Å². The Morgan fingerprint density at radius 2 is 2.09 bits per heavy atom. The van der Waals surface area contributed by atoms with Crippen LogP contribution in [-0.2, 0) is 0 Å². The van der Waals surface area contributed by atoms with Crippen molar-refractivity contribution in [3.05, 3.63) is 53.7 Å². The van der Waals surface area contributed by atoms with E-state index >= 15 is 0 Å². The first-order chi connectivity index (χ1) is 11.3. The Morgan fingerprint density at radius 1 is 1.26 bits per heavy atom. The summed E-state index contributed by atoms with van der Waals surface area (Å²) < 4.78 is 0.473. The maximum absolute atomic E-state index is 12.5. The lowest BCUT2D eigenvalue weighted by atomic mass is 10.2. The number of aromatic nitrogens is 1. The number of benzene rings is 1. The quantitative estimate of drug-likeness (QED) is 0.782. The molecule has 23 heavy (non-hydrogen) atoms. The third-order valence-corrected chi connectivity index (χ3v) is 7.18. The zero-order valence-electron chi connectivity index (χ0n) is 12.8. The van der Waals surface area contributed by atoms with Gasteiger partial charge in [-0.15, -0.1) is 35.3 Å². The van der Waals surface area contributed by atoms with Crippen molar-refractivity contribution in [1.29, 1.82) is 0 Å². The molecule has 1 aliphatic heterocycles. The van der Waals surface area contributed by atoms with Gasteiger partial charge in [-0.25, -0.2) is 4.98 Å². The molecule has 6 heteroatoms. The predicted molar refractivity (Wildman–Crippen MR) is 103 cm³/mol. The lowest BCUT2D eigenvalue weighted by Gasteiger charge is -2.21. The van der Waals surface area contributed by atoms with Crippen LogP contribution in [0.5, 0.6) is 0 Å². The normalized spacial score (nSPS) is 15.3. The van der Waals surface area contributed by atoms with Crippen LogP contribution in [0.1, 0.15) is 26.9 Å². The van der Waals surface area contributed by atoms with E-state index in [1.807, 2.05) is 48.0 Å². The summed E-state index contributed by atoms with van der Waals surface area (Å²) in [5, 5.41) is 3.75. The molecule has 0 spiro atoms. The Labute approximate surface area is 149 Å². The summed E-state index contributed by atoms with van der Waals surface area (Å²) in [7, 11) is 0. The Kier molecular flexibility index (Phi) is 5.91. The predicted octanol–water partition coefficient (Wildman–Crippen LogP) is 4.92. The van der Waals surface area contributed by atoms with Gasteiger partial charge < -0.3 is 5.32 Å². The number of hydrogen-bond donors (Lipinski definition) is 1. The first-order valence-electron chi connectivity index (χ1n) is 7.41. The van der Waals surface area contributed by atoms with Crippen LogP contribution in [0.2, 0.25) is 0 Å². The van der Waals surface area contributed by atoms with E-state index in [9.17, 15) is 4.79 Å². The molecule has 2 aromatic rings. The van der Waals surface area contributed by atoms with Gasteiger partial charge in [-0.2, -0.15) is 0 Å². The highest BCUT2D eigenvalue weighted by atomic mass is 32.2. The molecule has 1 aromatic carbocycles. The molecule has 120 valence electrons. The number of thioether (sulfide) groups is 3. The molecule has 0 bridgehead atoms. The molecule has 2 heterocycles. The molecule has 3 rings (SSSR count). The number of amides is 1. The molecular formula is C17H18N2OS3. The highest BCUT2D eigenvalue weighted by Crippen LogP contribution is 2.44. The van der Waals surface area contributed by atoms with Crippen LogP contribution in [0.25, 0.3) is 0 Å². The van der Waals surface area contributed by atoms with E-state index < -0.39 is 0 Å². The SMILES string of the molecule is CSc1ncccc1C(=O)Nc1cccc(C2SCCCS2)c1. The maximum Gasteiger partial charge on any atom is 0.258 e. The molecule has 0 unspecified atom stereocenters. The van der Waals surface area contributed by atoms with Crippen LogP contribution in [0, 0.1) is 0 Å². The van der Waals surface area contributed by atoms with Gasteiger partial charge in [-0.3, -0.25) is 4.79 Å². The molecule has 0 radical (unpaired) electrons. The Hall–Kier alpha value is -1.11. The molecule has 0 atom stereocenters. The Bertz CT molecular complexity index is 687. The number of rotatable bonds is 4. The van der Waals surface area contributed by atoms with E-state index in [1.165, 1.54) is 35.3 Å². The van der Waals surface area contributed by atoms with Crippen molar-refractivity contribution in [3.8, 4) is 0 Å². The number of carbonyl (C=O) groups is 1. The van der Waals surface area contributed by atoms with Gasteiger partial charge in [0.15, 0.2) is 0 Å². The summed E-state index contributed by atoms with van der Waals surface area (Å²) in [6.45, 7) is 0. The zero-order chi connectivity index (χ0) is 16.1. The van der Waals surface area contributed by atoms with Crippen LogP contribution in [-0.4, -0.2) is 28.7 Å². The van der Waals surface area contributed by atoms with E-state index in [-0.39, 0.29) is 5.91 Å². The molecule has 1 amide bonds. The van der Waals surface area contributed by atoms with Crippen LogP contribution >= 0.6 is 35.3 Å². The fourth-order valence-corrected chi connectivity index (χ4v) is 5.79. The Morgan fingerprint density at radius 3 is 2.87 bits per heavy atom. The minimum atomic E-state index is -0.108. The zero-order valence-corrected chi connectivity index (χ0v) is 15.3. The molecule has 0 aliphatic carbocycles. The van der Waals surface area contributed by atoms with Crippen LogP contribution in [0.3, 0.4) is 0 Å². The van der Waals surface area contributed by atoms with E-state index in [0.717, 1.165) is 10.7 Å². The summed E-state index contributed by atoms with van der Waals surface area (Å²) in [4.78, 5) is 16.8. The van der Waals surface area contributed by atoms with Crippen molar-refractivity contribution in [2.24, 2.45) is 0 Å². The van der Waals surface area contributed by atoms with Gasteiger partial charge in [0.1, 0.15) is 5.03 Å². The lowest BCUT2D eigenvalue weighted by Crippen LogP contribution is -2.13. The van der Waals surface area contributed by atoms with Gasteiger partial charge in [0.25, 0.3) is 5.91 Å². The van der Waals surface area contributed by atoms with Crippen molar-refractivity contribution in [2.45, 2.75) is 16.0 Å². The first-order valence-corrected chi connectivity index (χ1v) is 10.7.